The maximum absolute atomic E-state index is 13.9. The molecule has 3 aromatic rings. The molecule has 0 bridgehead atoms. The van der Waals surface area contributed by atoms with Crippen LogP contribution in [0.15, 0.2) is 82.2 Å². The Morgan fingerprint density at radius 3 is 2.12 bits per heavy atom. The Morgan fingerprint density at radius 1 is 0.951 bits per heavy atom. The van der Waals surface area contributed by atoms with Crippen molar-refractivity contribution in [2.75, 3.05) is 17.5 Å². The number of nitrogens with one attached hydrogen (secondary N) is 1. The summed E-state index contributed by atoms with van der Waals surface area (Å²) in [4.78, 5) is 28.3. The molecule has 0 unspecified atom stereocenters. The Balaban J connectivity index is 2.01. The summed E-state index contributed by atoms with van der Waals surface area (Å²) < 4.78 is 48.7. The molecule has 11 heteroatoms. The molecule has 0 heterocycles. The van der Waals surface area contributed by atoms with Gasteiger partial charge in [-0.05, 0) is 93.4 Å². The minimum Gasteiger partial charge on any atom is -0.494 e. The van der Waals surface area contributed by atoms with E-state index in [0.717, 1.165) is 26.5 Å². The number of anilines is 1. The first-order chi connectivity index (χ1) is 19.5. The number of hydrogen-bond acceptors (Lipinski definition) is 5. The van der Waals surface area contributed by atoms with Gasteiger partial charge in [0.05, 0.1) is 17.2 Å². The van der Waals surface area contributed by atoms with E-state index in [0.29, 0.717) is 18.8 Å². The maximum Gasteiger partial charge on any atom is 0.264 e. The standard InChI is InChI=1S/C30H35BrFN3O5S/c1-5-21(3)33-30(37)22(4)34(19-23-7-9-24(31)10-8-23)29(36)20-35(26-13-11-25(32)12-14-26)41(38,39)28-17-15-27(16-18-28)40-6-2/h7-18,21-22H,5-6,19-20H2,1-4H3,(H,33,37)/t21-,22+/m0/s1. The molecule has 220 valence electrons. The maximum atomic E-state index is 13.9. The number of sulfonamides is 1. The van der Waals surface area contributed by atoms with Crippen LogP contribution >= 0.6 is 15.9 Å². The second-order valence-corrected chi connectivity index (χ2v) is 12.3. The highest BCUT2D eigenvalue weighted by Gasteiger charge is 2.33. The van der Waals surface area contributed by atoms with Crippen molar-refractivity contribution in [1.29, 1.82) is 0 Å². The molecule has 8 nitrogen and oxygen atoms in total. The Labute approximate surface area is 249 Å². The summed E-state index contributed by atoms with van der Waals surface area (Å²) in [5, 5.41) is 2.90. The Bertz CT molecular complexity index is 1420. The quantitative estimate of drug-likeness (QED) is 0.264. The van der Waals surface area contributed by atoms with Crippen molar-refractivity contribution in [3.63, 3.8) is 0 Å². The van der Waals surface area contributed by atoms with Gasteiger partial charge in [-0.2, -0.15) is 0 Å². The smallest absolute Gasteiger partial charge is 0.264 e. The van der Waals surface area contributed by atoms with Crippen molar-refractivity contribution >= 4 is 43.5 Å². The normalized spacial score (nSPS) is 12.7. The van der Waals surface area contributed by atoms with Crippen molar-refractivity contribution in [3.8, 4) is 5.75 Å². The van der Waals surface area contributed by atoms with Crippen molar-refractivity contribution in [2.45, 2.75) is 57.6 Å². The Kier molecular flexibility index (Phi) is 11.3. The highest BCUT2D eigenvalue weighted by molar-refractivity contribution is 9.10. The lowest BCUT2D eigenvalue weighted by Gasteiger charge is -2.32. The van der Waals surface area contributed by atoms with Crippen molar-refractivity contribution in [2.24, 2.45) is 0 Å². The van der Waals surface area contributed by atoms with Crippen LogP contribution in [-0.2, 0) is 26.2 Å². The summed E-state index contributed by atoms with van der Waals surface area (Å²) in [5.41, 5.74) is 0.862. The van der Waals surface area contributed by atoms with Gasteiger partial charge in [0, 0.05) is 17.1 Å². The molecule has 2 amide bonds. The zero-order chi connectivity index (χ0) is 30.2. The van der Waals surface area contributed by atoms with Gasteiger partial charge >= 0.3 is 0 Å². The summed E-state index contributed by atoms with van der Waals surface area (Å²) in [6.45, 7) is 7.10. The van der Waals surface area contributed by atoms with Crippen LogP contribution in [0.2, 0.25) is 0 Å². The number of amides is 2. The summed E-state index contributed by atoms with van der Waals surface area (Å²) in [6, 6.07) is 17.0. The fourth-order valence-electron chi connectivity index (χ4n) is 3.97. The van der Waals surface area contributed by atoms with E-state index in [2.05, 4.69) is 21.2 Å². The molecule has 0 aromatic heterocycles. The Hall–Kier alpha value is -3.44. The van der Waals surface area contributed by atoms with Crippen molar-refractivity contribution in [1.82, 2.24) is 10.2 Å². The van der Waals surface area contributed by atoms with Gasteiger partial charge in [-0.15, -0.1) is 0 Å². The van der Waals surface area contributed by atoms with Gasteiger partial charge in [0.2, 0.25) is 11.8 Å². The predicted octanol–water partition coefficient (Wildman–Crippen LogP) is 5.51. The Morgan fingerprint density at radius 2 is 1.56 bits per heavy atom. The van der Waals surface area contributed by atoms with Crippen LogP contribution in [0, 0.1) is 5.82 Å². The van der Waals surface area contributed by atoms with Crippen LogP contribution < -0.4 is 14.4 Å². The van der Waals surface area contributed by atoms with Crippen molar-refractivity contribution in [3.05, 3.63) is 88.6 Å². The van der Waals surface area contributed by atoms with Gasteiger partial charge in [0.1, 0.15) is 24.2 Å². The van der Waals surface area contributed by atoms with E-state index in [9.17, 15) is 22.4 Å². The molecular formula is C30H35BrFN3O5S. The third-order valence-electron chi connectivity index (χ3n) is 6.55. The molecule has 2 atom stereocenters. The number of carbonyl (C=O) groups excluding carboxylic acids is 2. The van der Waals surface area contributed by atoms with Crippen molar-refractivity contribution < 1.29 is 27.1 Å². The fraction of sp³-hybridized carbons (Fsp3) is 0.333. The van der Waals surface area contributed by atoms with Gasteiger partial charge < -0.3 is 15.0 Å². The van der Waals surface area contributed by atoms with Gasteiger partial charge in [-0.1, -0.05) is 35.0 Å². The number of benzene rings is 3. The molecule has 0 spiro atoms. The van der Waals surface area contributed by atoms with E-state index in [1.807, 2.05) is 45.0 Å². The van der Waals surface area contributed by atoms with E-state index >= 15 is 0 Å². The van der Waals surface area contributed by atoms with Crippen LogP contribution in [0.3, 0.4) is 0 Å². The molecule has 0 saturated carbocycles. The number of nitrogens with zero attached hydrogens (tertiary/aromatic N) is 2. The number of halogens is 2. The molecule has 1 N–H and O–H groups in total. The molecule has 41 heavy (non-hydrogen) atoms. The van der Waals surface area contributed by atoms with Crippen LogP contribution in [0.1, 0.15) is 39.7 Å². The van der Waals surface area contributed by atoms with Crippen LogP contribution in [0.25, 0.3) is 0 Å². The fourth-order valence-corrected chi connectivity index (χ4v) is 5.65. The molecule has 0 aliphatic carbocycles. The first-order valence-corrected chi connectivity index (χ1v) is 15.5. The molecule has 0 saturated heterocycles. The first kappa shape index (κ1) is 32.1. The molecule has 0 fully saturated rings. The van der Waals surface area contributed by atoms with E-state index < -0.39 is 34.3 Å². The second-order valence-electron chi connectivity index (χ2n) is 9.53. The summed E-state index contributed by atoms with van der Waals surface area (Å²) in [5.74, 6) is -1.01. The minimum atomic E-state index is -4.27. The topological polar surface area (TPSA) is 96.0 Å². The average molecular weight is 649 g/mol. The lowest BCUT2D eigenvalue weighted by Crippen LogP contribution is -2.52. The molecular weight excluding hydrogens is 613 g/mol. The van der Waals surface area contributed by atoms with Gasteiger partial charge in [0.25, 0.3) is 10.0 Å². The monoisotopic (exact) mass is 647 g/mol. The molecule has 3 rings (SSSR count). The molecule has 0 aliphatic rings. The summed E-state index contributed by atoms with van der Waals surface area (Å²) >= 11 is 3.40. The molecule has 0 aliphatic heterocycles. The first-order valence-electron chi connectivity index (χ1n) is 13.3. The van der Waals surface area contributed by atoms with Gasteiger partial charge in [-0.3, -0.25) is 13.9 Å². The third kappa shape index (κ3) is 8.53. The number of carbonyl (C=O) groups is 2. The lowest BCUT2D eigenvalue weighted by molar-refractivity contribution is -0.139. The molecule has 3 aromatic carbocycles. The van der Waals surface area contributed by atoms with E-state index in [-0.39, 0.29) is 29.1 Å². The lowest BCUT2D eigenvalue weighted by atomic mass is 10.1. The van der Waals surface area contributed by atoms with Crippen LogP contribution in [-0.4, -0.2) is 50.4 Å². The largest absolute Gasteiger partial charge is 0.494 e. The number of hydrogen-bond donors (Lipinski definition) is 1. The average Bonchev–Trinajstić information content (AvgIpc) is 2.96. The summed E-state index contributed by atoms with van der Waals surface area (Å²) in [7, 11) is -4.27. The van der Waals surface area contributed by atoms with Gasteiger partial charge in [0.15, 0.2) is 0 Å². The zero-order valence-electron chi connectivity index (χ0n) is 23.5. The number of ether oxygens (including phenoxy) is 1. The van der Waals surface area contributed by atoms with E-state index in [1.165, 1.54) is 41.3 Å². The zero-order valence-corrected chi connectivity index (χ0v) is 25.9. The van der Waals surface area contributed by atoms with Crippen LogP contribution in [0.4, 0.5) is 10.1 Å². The number of rotatable bonds is 13. The van der Waals surface area contributed by atoms with Gasteiger partial charge in [-0.25, -0.2) is 12.8 Å². The highest BCUT2D eigenvalue weighted by Crippen LogP contribution is 2.26. The van der Waals surface area contributed by atoms with E-state index in [1.54, 1.807) is 6.92 Å². The highest BCUT2D eigenvalue weighted by atomic mass is 79.9. The van der Waals surface area contributed by atoms with E-state index in [4.69, 9.17) is 4.74 Å². The minimum absolute atomic E-state index is 0.0694. The second kappa shape index (κ2) is 14.5. The molecule has 0 radical (unpaired) electrons. The summed E-state index contributed by atoms with van der Waals surface area (Å²) in [6.07, 6.45) is 0.706. The predicted molar refractivity (Wildman–Crippen MR) is 161 cm³/mol. The van der Waals surface area contributed by atoms with Crippen LogP contribution in [0.5, 0.6) is 5.75 Å². The SMILES string of the molecule is CCOc1ccc(S(=O)(=O)N(CC(=O)N(Cc2ccc(Br)cc2)[C@H](C)C(=O)N[C@@H](C)CC)c2ccc(F)cc2)cc1. The third-order valence-corrected chi connectivity index (χ3v) is 8.87.